The number of hydrogen-bond acceptors (Lipinski definition) is 8. The van der Waals surface area contributed by atoms with E-state index in [4.69, 9.17) is 15.3 Å². The fourth-order valence-electron chi connectivity index (χ4n) is 5.01. The van der Waals surface area contributed by atoms with Gasteiger partial charge in [-0.1, -0.05) is 30.3 Å². The number of hydrogen-bond donors (Lipinski definition) is 5. The standard InChI is InChI=1S/C31H30N8O3/c1-18-13-19(2)27-25(14-18)38-31(42-27)37-23-9-5-21(6-10-23)24-16-39(29-26(24)28(32)34-17-35-29)15-20-3-7-22(8-4-20)36-30(41)33-11-12-40/h3-10,13-14,16-17,40H,11-12,15H2,1-2H3,(H,37,38)(H2,32,34,35)(H2,33,36,41). The van der Waals surface area contributed by atoms with E-state index in [2.05, 4.69) is 37.0 Å². The maximum absolute atomic E-state index is 11.9. The Morgan fingerprint density at radius 1 is 1.02 bits per heavy atom. The Bertz CT molecular complexity index is 1890. The number of nitrogen functional groups attached to an aromatic ring is 1. The molecule has 0 aliphatic carbocycles. The molecule has 11 heteroatoms. The van der Waals surface area contributed by atoms with E-state index in [1.54, 1.807) is 0 Å². The van der Waals surface area contributed by atoms with Gasteiger partial charge in [0.25, 0.3) is 6.01 Å². The third-order valence-corrected chi connectivity index (χ3v) is 6.91. The summed E-state index contributed by atoms with van der Waals surface area (Å²) in [6.07, 6.45) is 3.49. The van der Waals surface area contributed by atoms with Crippen LogP contribution < -0.4 is 21.7 Å². The highest BCUT2D eigenvalue weighted by Crippen LogP contribution is 2.34. The zero-order valence-electron chi connectivity index (χ0n) is 23.2. The van der Waals surface area contributed by atoms with Gasteiger partial charge in [-0.15, -0.1) is 0 Å². The molecule has 0 saturated carbocycles. The molecule has 6 rings (SSSR count). The van der Waals surface area contributed by atoms with Crippen LogP contribution in [0.2, 0.25) is 0 Å². The summed E-state index contributed by atoms with van der Waals surface area (Å²) < 4.78 is 7.99. The lowest BCUT2D eigenvalue weighted by Crippen LogP contribution is -2.30. The zero-order valence-corrected chi connectivity index (χ0v) is 23.2. The SMILES string of the molecule is Cc1cc(C)c2oc(Nc3ccc(-c4cn(Cc5ccc(NC(=O)NCCO)cc5)c5ncnc(N)c45)cc3)nc2c1. The van der Waals surface area contributed by atoms with Crippen LogP contribution in [0.4, 0.5) is 28.0 Å². The normalized spacial score (nSPS) is 11.2. The molecule has 42 heavy (non-hydrogen) atoms. The monoisotopic (exact) mass is 562 g/mol. The number of fused-ring (bicyclic) bond motifs is 2. The number of oxazole rings is 1. The Hall–Kier alpha value is -5.42. The van der Waals surface area contributed by atoms with Crippen molar-refractivity contribution >= 4 is 51.4 Å². The Labute approximate surface area is 241 Å². The molecule has 0 aliphatic heterocycles. The quantitative estimate of drug-likeness (QED) is 0.166. The molecule has 0 aliphatic rings. The molecule has 0 radical (unpaired) electrons. The number of rotatable bonds is 8. The van der Waals surface area contributed by atoms with Gasteiger partial charge in [-0.05, 0) is 66.4 Å². The lowest BCUT2D eigenvalue weighted by molar-refractivity contribution is 0.245. The summed E-state index contributed by atoms with van der Waals surface area (Å²) in [5.74, 6) is 0.404. The first-order chi connectivity index (χ1) is 20.4. The van der Waals surface area contributed by atoms with E-state index in [-0.39, 0.29) is 19.2 Å². The van der Waals surface area contributed by atoms with Crippen molar-refractivity contribution in [2.75, 3.05) is 29.5 Å². The number of amides is 2. The molecule has 0 unspecified atom stereocenters. The maximum atomic E-state index is 11.9. The van der Waals surface area contributed by atoms with Crippen molar-refractivity contribution in [1.29, 1.82) is 0 Å². The second kappa shape index (κ2) is 11.2. The molecule has 0 fully saturated rings. The summed E-state index contributed by atoms with van der Waals surface area (Å²) in [4.78, 5) is 25.2. The minimum absolute atomic E-state index is 0.117. The summed E-state index contributed by atoms with van der Waals surface area (Å²) in [7, 11) is 0. The van der Waals surface area contributed by atoms with Crippen molar-refractivity contribution in [1.82, 2.24) is 24.8 Å². The van der Waals surface area contributed by atoms with E-state index in [0.29, 0.717) is 24.1 Å². The third kappa shape index (κ3) is 5.45. The highest BCUT2D eigenvalue weighted by molar-refractivity contribution is 6.00. The minimum Gasteiger partial charge on any atom is -0.423 e. The van der Waals surface area contributed by atoms with E-state index in [1.807, 2.05) is 79.2 Å². The summed E-state index contributed by atoms with van der Waals surface area (Å²) in [5, 5.41) is 18.2. The topological polar surface area (TPSA) is 156 Å². The Balaban J connectivity index is 1.23. The number of anilines is 4. The molecule has 3 aromatic carbocycles. The molecule has 0 bridgehead atoms. The van der Waals surface area contributed by atoms with Crippen molar-refractivity contribution in [2.24, 2.45) is 0 Å². The Morgan fingerprint density at radius 3 is 2.55 bits per heavy atom. The highest BCUT2D eigenvalue weighted by Gasteiger charge is 2.16. The summed E-state index contributed by atoms with van der Waals surface area (Å²) in [5.41, 5.74) is 15.2. The van der Waals surface area contributed by atoms with Crippen molar-refractivity contribution < 1.29 is 14.3 Å². The van der Waals surface area contributed by atoms with E-state index < -0.39 is 0 Å². The van der Waals surface area contributed by atoms with Crippen molar-refractivity contribution in [3.05, 3.63) is 89.9 Å². The lowest BCUT2D eigenvalue weighted by Gasteiger charge is -2.08. The van der Waals surface area contributed by atoms with Gasteiger partial charge in [-0.2, -0.15) is 4.98 Å². The molecule has 3 aromatic heterocycles. The fraction of sp³-hybridized carbons (Fsp3) is 0.161. The molecule has 212 valence electrons. The largest absolute Gasteiger partial charge is 0.423 e. The van der Waals surface area contributed by atoms with Gasteiger partial charge in [-0.25, -0.2) is 14.8 Å². The molecule has 3 heterocycles. The van der Waals surface area contributed by atoms with Crippen LogP contribution in [0.1, 0.15) is 16.7 Å². The van der Waals surface area contributed by atoms with Gasteiger partial charge in [0.2, 0.25) is 0 Å². The maximum Gasteiger partial charge on any atom is 0.319 e. The Morgan fingerprint density at radius 2 is 1.79 bits per heavy atom. The van der Waals surface area contributed by atoms with E-state index in [1.165, 1.54) is 6.33 Å². The summed E-state index contributed by atoms with van der Waals surface area (Å²) >= 11 is 0. The first-order valence-corrected chi connectivity index (χ1v) is 13.5. The van der Waals surface area contributed by atoms with Crippen LogP contribution >= 0.6 is 0 Å². The number of aliphatic hydroxyl groups is 1. The van der Waals surface area contributed by atoms with E-state index in [0.717, 1.165) is 55.6 Å². The predicted octanol–water partition coefficient (Wildman–Crippen LogP) is 5.34. The molecular weight excluding hydrogens is 532 g/mol. The average Bonchev–Trinajstić information content (AvgIpc) is 3.55. The van der Waals surface area contributed by atoms with Crippen LogP contribution in [-0.2, 0) is 6.54 Å². The number of nitrogens with two attached hydrogens (primary N) is 1. The molecule has 0 atom stereocenters. The van der Waals surface area contributed by atoms with E-state index in [9.17, 15) is 4.79 Å². The summed E-state index contributed by atoms with van der Waals surface area (Å²) in [6.45, 7) is 4.67. The number of benzene rings is 3. The predicted molar refractivity (Wildman–Crippen MR) is 164 cm³/mol. The number of aryl methyl sites for hydroxylation is 2. The number of urea groups is 1. The number of aromatic nitrogens is 4. The zero-order chi connectivity index (χ0) is 29.2. The molecule has 6 N–H and O–H groups in total. The van der Waals surface area contributed by atoms with Crippen LogP contribution in [0, 0.1) is 13.8 Å². The van der Waals surface area contributed by atoms with Crippen LogP contribution in [0.3, 0.4) is 0 Å². The van der Waals surface area contributed by atoms with Crippen molar-refractivity contribution in [3.8, 4) is 11.1 Å². The highest BCUT2D eigenvalue weighted by atomic mass is 16.4. The molecule has 0 saturated heterocycles. The van der Waals surface area contributed by atoms with Gasteiger partial charge in [0.1, 0.15) is 23.3 Å². The third-order valence-electron chi connectivity index (χ3n) is 6.91. The average molecular weight is 563 g/mol. The lowest BCUT2D eigenvalue weighted by atomic mass is 10.1. The molecule has 6 aromatic rings. The second-order valence-electron chi connectivity index (χ2n) is 10.1. The number of nitrogens with one attached hydrogen (secondary N) is 3. The Kier molecular flexibility index (Phi) is 7.16. The minimum atomic E-state index is -0.370. The first-order valence-electron chi connectivity index (χ1n) is 13.5. The van der Waals surface area contributed by atoms with Crippen LogP contribution in [0.15, 0.2) is 77.6 Å². The van der Waals surface area contributed by atoms with Crippen LogP contribution in [0.5, 0.6) is 0 Å². The number of carbonyl (C=O) groups excluding carboxylic acids is 1. The second-order valence-corrected chi connectivity index (χ2v) is 10.1. The molecule has 2 amide bonds. The number of nitrogens with zero attached hydrogens (tertiary/aromatic N) is 4. The van der Waals surface area contributed by atoms with Crippen molar-refractivity contribution in [3.63, 3.8) is 0 Å². The smallest absolute Gasteiger partial charge is 0.319 e. The van der Waals surface area contributed by atoms with Gasteiger partial charge >= 0.3 is 6.03 Å². The number of carbonyl (C=O) groups is 1. The van der Waals surface area contributed by atoms with Gasteiger partial charge in [0.05, 0.1) is 12.0 Å². The van der Waals surface area contributed by atoms with Gasteiger partial charge in [0.15, 0.2) is 5.58 Å². The van der Waals surface area contributed by atoms with Crippen molar-refractivity contribution in [2.45, 2.75) is 20.4 Å². The summed E-state index contributed by atoms with van der Waals surface area (Å²) in [6, 6.07) is 19.6. The van der Waals surface area contributed by atoms with Gasteiger partial charge < -0.3 is 35.8 Å². The van der Waals surface area contributed by atoms with Gasteiger partial charge in [0, 0.05) is 36.2 Å². The van der Waals surface area contributed by atoms with Crippen LogP contribution in [0.25, 0.3) is 33.3 Å². The fourth-order valence-corrected chi connectivity index (χ4v) is 5.01. The molecular formula is C31H30N8O3. The van der Waals surface area contributed by atoms with Crippen LogP contribution in [-0.4, -0.2) is 43.8 Å². The van der Waals surface area contributed by atoms with E-state index >= 15 is 0 Å². The number of aliphatic hydroxyl groups excluding tert-OH is 1. The van der Waals surface area contributed by atoms with Gasteiger partial charge in [-0.3, -0.25) is 0 Å². The first kappa shape index (κ1) is 26.8. The molecule has 0 spiro atoms. The molecule has 11 nitrogen and oxygen atoms in total.